The first kappa shape index (κ1) is 16.4. The molecule has 0 amide bonds. The zero-order valence-corrected chi connectivity index (χ0v) is 13.0. The van der Waals surface area contributed by atoms with Gasteiger partial charge < -0.3 is 4.90 Å². The average Bonchev–Trinajstić information content (AvgIpc) is 2.37. The summed E-state index contributed by atoms with van der Waals surface area (Å²) in [6.07, 6.45) is 2.41. The summed E-state index contributed by atoms with van der Waals surface area (Å²) < 4.78 is 26.5. The van der Waals surface area contributed by atoms with Crippen LogP contribution >= 0.6 is 11.6 Å². The first-order chi connectivity index (χ1) is 8.86. The number of sulfonamides is 1. The molecule has 0 aromatic carbocycles. The van der Waals surface area contributed by atoms with Gasteiger partial charge in [0.15, 0.2) is 0 Å². The van der Waals surface area contributed by atoms with E-state index in [0.717, 1.165) is 6.42 Å². The fourth-order valence-corrected chi connectivity index (χ4v) is 2.80. The molecule has 1 aromatic heterocycles. The van der Waals surface area contributed by atoms with Gasteiger partial charge in [0, 0.05) is 25.3 Å². The lowest BCUT2D eigenvalue weighted by molar-refractivity contribution is 0.256. The molecule has 1 rings (SSSR count). The van der Waals surface area contributed by atoms with E-state index >= 15 is 0 Å². The Morgan fingerprint density at radius 1 is 1.53 bits per heavy atom. The van der Waals surface area contributed by atoms with E-state index in [-0.39, 0.29) is 10.0 Å². The molecule has 1 unspecified atom stereocenters. The van der Waals surface area contributed by atoms with E-state index < -0.39 is 10.0 Å². The van der Waals surface area contributed by atoms with Crippen molar-refractivity contribution in [1.29, 1.82) is 0 Å². The molecule has 0 aliphatic heterocycles. The summed E-state index contributed by atoms with van der Waals surface area (Å²) in [7, 11) is -1.53. The highest BCUT2D eigenvalue weighted by atomic mass is 35.5. The van der Waals surface area contributed by atoms with Crippen molar-refractivity contribution in [2.24, 2.45) is 0 Å². The van der Waals surface area contributed by atoms with Crippen molar-refractivity contribution >= 4 is 21.6 Å². The lowest BCUT2D eigenvalue weighted by Crippen LogP contribution is -2.37. The summed E-state index contributed by atoms with van der Waals surface area (Å²) in [4.78, 5) is 6.01. The predicted molar refractivity (Wildman–Crippen MR) is 76.8 cm³/mol. The van der Waals surface area contributed by atoms with Gasteiger partial charge in [-0.05, 0) is 32.5 Å². The van der Waals surface area contributed by atoms with Gasteiger partial charge in [0.2, 0.25) is 10.0 Å². The summed E-state index contributed by atoms with van der Waals surface area (Å²) in [5, 5.41) is 0.166. The molecule has 19 heavy (non-hydrogen) atoms. The van der Waals surface area contributed by atoms with Gasteiger partial charge in [-0.1, -0.05) is 18.5 Å². The number of rotatable bonds is 7. The number of nitrogens with zero attached hydrogens (tertiary/aromatic N) is 2. The van der Waals surface area contributed by atoms with E-state index in [1.807, 2.05) is 7.05 Å². The number of nitrogens with one attached hydrogen (secondary N) is 1. The Morgan fingerprint density at radius 3 is 2.79 bits per heavy atom. The molecule has 0 aliphatic carbocycles. The number of hydrogen-bond donors (Lipinski definition) is 1. The molecule has 0 radical (unpaired) electrons. The largest absolute Gasteiger partial charge is 0.302 e. The van der Waals surface area contributed by atoms with Crippen LogP contribution in [-0.2, 0) is 10.0 Å². The molecular weight excluding hydrogens is 286 g/mol. The number of aromatic nitrogens is 1. The Bertz CT molecular complexity index is 507. The summed E-state index contributed by atoms with van der Waals surface area (Å²) in [6, 6.07) is 3.19. The molecule has 0 bridgehead atoms. The Kier molecular flexibility index (Phi) is 6.19. The standard InChI is InChI=1S/C12H20ClN3O2S/c1-4-10(2)16(3)8-7-15-19(17,18)11-5-6-14-12(13)9-11/h5-6,9-10,15H,4,7-8H2,1-3H3. The van der Waals surface area contributed by atoms with Gasteiger partial charge in [-0.15, -0.1) is 0 Å². The second-order valence-corrected chi connectivity index (χ2v) is 6.60. The Labute approximate surface area is 120 Å². The van der Waals surface area contributed by atoms with E-state index in [4.69, 9.17) is 11.6 Å². The monoisotopic (exact) mass is 305 g/mol. The Balaban J connectivity index is 2.57. The van der Waals surface area contributed by atoms with Gasteiger partial charge >= 0.3 is 0 Å². The zero-order chi connectivity index (χ0) is 14.5. The molecule has 1 aromatic rings. The van der Waals surface area contributed by atoms with Gasteiger partial charge in [0.25, 0.3) is 0 Å². The van der Waals surface area contributed by atoms with E-state index in [9.17, 15) is 8.42 Å². The highest BCUT2D eigenvalue weighted by Crippen LogP contribution is 2.12. The SMILES string of the molecule is CCC(C)N(C)CCNS(=O)(=O)c1ccnc(Cl)c1. The molecule has 7 heteroatoms. The maximum Gasteiger partial charge on any atom is 0.240 e. The maximum atomic E-state index is 12.0. The fraction of sp³-hybridized carbons (Fsp3) is 0.583. The van der Waals surface area contributed by atoms with Crippen molar-refractivity contribution < 1.29 is 8.42 Å². The quantitative estimate of drug-likeness (QED) is 0.780. The molecule has 1 atom stereocenters. The first-order valence-corrected chi connectivity index (χ1v) is 8.04. The topological polar surface area (TPSA) is 62.3 Å². The molecule has 1 heterocycles. The normalized spacial score (nSPS) is 13.7. The van der Waals surface area contributed by atoms with E-state index in [1.165, 1.54) is 18.3 Å². The van der Waals surface area contributed by atoms with Crippen molar-refractivity contribution in [3.8, 4) is 0 Å². The molecule has 108 valence electrons. The van der Waals surface area contributed by atoms with Gasteiger partial charge in [-0.25, -0.2) is 18.1 Å². The number of halogens is 1. The minimum Gasteiger partial charge on any atom is -0.302 e. The highest BCUT2D eigenvalue weighted by Gasteiger charge is 2.15. The summed E-state index contributed by atoms with van der Waals surface area (Å²) in [5.41, 5.74) is 0. The van der Waals surface area contributed by atoms with Crippen LogP contribution in [0.25, 0.3) is 0 Å². The second kappa shape index (κ2) is 7.19. The Morgan fingerprint density at radius 2 is 2.21 bits per heavy atom. The lowest BCUT2D eigenvalue weighted by atomic mass is 10.2. The maximum absolute atomic E-state index is 12.0. The smallest absolute Gasteiger partial charge is 0.240 e. The second-order valence-electron chi connectivity index (χ2n) is 4.45. The number of hydrogen-bond acceptors (Lipinski definition) is 4. The van der Waals surface area contributed by atoms with Crippen molar-refractivity contribution in [2.75, 3.05) is 20.1 Å². The summed E-state index contributed by atoms with van der Waals surface area (Å²) in [5.74, 6) is 0. The van der Waals surface area contributed by atoms with Crippen LogP contribution in [0.15, 0.2) is 23.2 Å². The van der Waals surface area contributed by atoms with Crippen molar-refractivity contribution in [2.45, 2.75) is 31.2 Å². The van der Waals surface area contributed by atoms with Gasteiger partial charge in [-0.3, -0.25) is 0 Å². The molecule has 0 aliphatic rings. The van der Waals surface area contributed by atoms with Crippen molar-refractivity contribution in [1.82, 2.24) is 14.6 Å². The number of likely N-dealkylation sites (N-methyl/N-ethyl adjacent to an activating group) is 1. The lowest BCUT2D eigenvalue weighted by Gasteiger charge is -2.23. The average molecular weight is 306 g/mol. The molecule has 0 fully saturated rings. The molecule has 0 saturated heterocycles. The third-order valence-corrected chi connectivity index (χ3v) is 4.77. The predicted octanol–water partition coefficient (Wildman–Crippen LogP) is 1.74. The van der Waals surface area contributed by atoms with Crippen LogP contribution in [0.2, 0.25) is 5.15 Å². The third-order valence-electron chi connectivity index (χ3n) is 3.11. The third kappa shape index (κ3) is 5.06. The Hall–Kier alpha value is -0.690. The minimum absolute atomic E-state index is 0.138. The van der Waals surface area contributed by atoms with Crippen molar-refractivity contribution in [3.05, 3.63) is 23.5 Å². The van der Waals surface area contributed by atoms with E-state index in [0.29, 0.717) is 19.1 Å². The van der Waals surface area contributed by atoms with Gasteiger partial charge in [-0.2, -0.15) is 0 Å². The van der Waals surface area contributed by atoms with Crippen LogP contribution < -0.4 is 4.72 Å². The van der Waals surface area contributed by atoms with Gasteiger partial charge in [0.05, 0.1) is 4.90 Å². The molecule has 1 N–H and O–H groups in total. The van der Waals surface area contributed by atoms with Crippen molar-refractivity contribution in [3.63, 3.8) is 0 Å². The molecule has 0 spiro atoms. The molecular formula is C12H20ClN3O2S. The molecule has 5 nitrogen and oxygen atoms in total. The minimum atomic E-state index is -3.51. The highest BCUT2D eigenvalue weighted by molar-refractivity contribution is 7.89. The van der Waals surface area contributed by atoms with Crippen LogP contribution in [0.4, 0.5) is 0 Å². The first-order valence-electron chi connectivity index (χ1n) is 6.18. The number of pyridine rings is 1. The van der Waals surface area contributed by atoms with E-state index in [2.05, 4.69) is 28.5 Å². The van der Waals surface area contributed by atoms with Gasteiger partial charge in [0.1, 0.15) is 5.15 Å². The van der Waals surface area contributed by atoms with E-state index in [1.54, 1.807) is 0 Å². The van der Waals surface area contributed by atoms with Crippen LogP contribution in [0.3, 0.4) is 0 Å². The zero-order valence-electron chi connectivity index (χ0n) is 11.4. The van der Waals surface area contributed by atoms with Crippen LogP contribution in [0.5, 0.6) is 0 Å². The fourth-order valence-electron chi connectivity index (χ4n) is 1.52. The van der Waals surface area contributed by atoms with Crippen LogP contribution in [0.1, 0.15) is 20.3 Å². The summed E-state index contributed by atoms with van der Waals surface area (Å²) >= 11 is 5.68. The van der Waals surface area contributed by atoms with Crippen LogP contribution in [-0.4, -0.2) is 44.5 Å². The van der Waals surface area contributed by atoms with Crippen LogP contribution in [0, 0.1) is 0 Å². The summed E-state index contributed by atoms with van der Waals surface area (Å²) in [6.45, 7) is 5.23. The molecule has 0 saturated carbocycles.